The van der Waals surface area contributed by atoms with Gasteiger partial charge in [0.15, 0.2) is 0 Å². The molecule has 0 aliphatic carbocycles. The van der Waals surface area contributed by atoms with Gasteiger partial charge in [-0.2, -0.15) is 5.10 Å². The van der Waals surface area contributed by atoms with Gasteiger partial charge in [-0.3, -0.25) is 4.68 Å². The zero-order valence-corrected chi connectivity index (χ0v) is 12.1. The summed E-state index contributed by atoms with van der Waals surface area (Å²) >= 11 is 0. The van der Waals surface area contributed by atoms with Crippen molar-refractivity contribution < 1.29 is 4.74 Å². The maximum Gasteiger partial charge on any atom is 0.123 e. The highest BCUT2D eigenvalue weighted by molar-refractivity contribution is 5.59. The molecule has 2 aromatic rings. The van der Waals surface area contributed by atoms with Crippen molar-refractivity contribution >= 4 is 11.4 Å². The fourth-order valence-electron chi connectivity index (χ4n) is 1.96. The van der Waals surface area contributed by atoms with Gasteiger partial charge in [0.25, 0.3) is 0 Å². The van der Waals surface area contributed by atoms with Crippen LogP contribution in [0.25, 0.3) is 0 Å². The normalized spacial score (nSPS) is 10.5. The maximum atomic E-state index is 5.88. The first-order valence-corrected chi connectivity index (χ1v) is 6.93. The molecule has 0 fully saturated rings. The van der Waals surface area contributed by atoms with Gasteiger partial charge in [-0.1, -0.05) is 6.92 Å². The van der Waals surface area contributed by atoms with Crippen LogP contribution in [0.5, 0.6) is 5.75 Å². The summed E-state index contributed by atoms with van der Waals surface area (Å²) in [6.07, 6.45) is 3.81. The first-order valence-electron chi connectivity index (χ1n) is 6.93. The Labute approximate surface area is 119 Å². The first kappa shape index (κ1) is 14.2. The molecule has 1 aromatic carbocycles. The Kier molecular flexibility index (Phi) is 4.87. The molecule has 5 heteroatoms. The van der Waals surface area contributed by atoms with Crippen LogP contribution >= 0.6 is 0 Å². The second kappa shape index (κ2) is 6.84. The summed E-state index contributed by atoms with van der Waals surface area (Å²) in [5, 5.41) is 7.70. The molecular weight excluding hydrogens is 252 g/mol. The fraction of sp³-hybridized carbons (Fsp3) is 0.400. The van der Waals surface area contributed by atoms with Crippen molar-refractivity contribution in [3.05, 3.63) is 36.2 Å². The smallest absolute Gasteiger partial charge is 0.123 e. The number of nitrogens with zero attached hydrogens (tertiary/aromatic N) is 2. The van der Waals surface area contributed by atoms with Crippen LogP contribution < -0.4 is 15.8 Å². The molecule has 0 amide bonds. The minimum Gasteiger partial charge on any atom is -0.493 e. The van der Waals surface area contributed by atoms with Gasteiger partial charge < -0.3 is 15.8 Å². The Morgan fingerprint density at radius 3 is 2.90 bits per heavy atom. The van der Waals surface area contributed by atoms with E-state index in [1.165, 1.54) is 0 Å². The molecule has 0 saturated carbocycles. The lowest BCUT2D eigenvalue weighted by atomic mass is 10.2. The van der Waals surface area contributed by atoms with Gasteiger partial charge in [0.1, 0.15) is 5.75 Å². The van der Waals surface area contributed by atoms with Crippen LogP contribution in [0.1, 0.15) is 19.0 Å². The zero-order valence-electron chi connectivity index (χ0n) is 12.1. The van der Waals surface area contributed by atoms with Crippen molar-refractivity contribution in [2.75, 3.05) is 24.2 Å². The quantitative estimate of drug-likeness (QED) is 0.761. The number of aryl methyl sites for hydroxylation is 1. The highest BCUT2D eigenvalue weighted by Gasteiger charge is 2.01. The van der Waals surface area contributed by atoms with E-state index >= 15 is 0 Å². The third-order valence-corrected chi connectivity index (χ3v) is 2.88. The van der Waals surface area contributed by atoms with E-state index in [9.17, 15) is 0 Å². The van der Waals surface area contributed by atoms with Crippen molar-refractivity contribution in [1.29, 1.82) is 0 Å². The van der Waals surface area contributed by atoms with Crippen LogP contribution in [0, 0.1) is 0 Å². The standard InChI is InChI=1S/C15H22N4O/c1-3-8-20-15-10-12(16)9-14(11-15)17-6-4-13-5-7-19(2)18-13/h5,7,9-11,17H,3-4,6,8,16H2,1-2H3. The van der Waals surface area contributed by atoms with Gasteiger partial charge >= 0.3 is 0 Å². The van der Waals surface area contributed by atoms with E-state index in [4.69, 9.17) is 10.5 Å². The molecular formula is C15H22N4O. The SMILES string of the molecule is CCCOc1cc(N)cc(NCCc2ccn(C)n2)c1. The molecule has 5 nitrogen and oxygen atoms in total. The van der Waals surface area contributed by atoms with Gasteiger partial charge in [-0.05, 0) is 18.6 Å². The largest absolute Gasteiger partial charge is 0.493 e. The maximum absolute atomic E-state index is 5.88. The highest BCUT2D eigenvalue weighted by Crippen LogP contribution is 2.22. The van der Waals surface area contributed by atoms with E-state index in [1.807, 2.05) is 42.2 Å². The predicted octanol–water partition coefficient (Wildman–Crippen LogP) is 2.45. The van der Waals surface area contributed by atoms with Gasteiger partial charge in [0.05, 0.1) is 12.3 Å². The summed E-state index contributed by atoms with van der Waals surface area (Å²) < 4.78 is 7.42. The lowest BCUT2D eigenvalue weighted by molar-refractivity contribution is 0.318. The number of nitrogen functional groups attached to an aromatic ring is 1. The van der Waals surface area contributed by atoms with Gasteiger partial charge in [0.2, 0.25) is 0 Å². The third-order valence-electron chi connectivity index (χ3n) is 2.88. The molecule has 0 atom stereocenters. The number of hydrogen-bond acceptors (Lipinski definition) is 4. The Balaban J connectivity index is 1.89. The molecule has 0 aliphatic heterocycles. The van der Waals surface area contributed by atoms with Crippen LogP contribution in [0.4, 0.5) is 11.4 Å². The first-order chi connectivity index (χ1) is 9.67. The summed E-state index contributed by atoms with van der Waals surface area (Å²) in [5.41, 5.74) is 8.64. The number of nitrogens with one attached hydrogen (secondary N) is 1. The van der Waals surface area contributed by atoms with Crippen LogP contribution in [0.2, 0.25) is 0 Å². The molecule has 1 aromatic heterocycles. The van der Waals surface area contributed by atoms with E-state index in [2.05, 4.69) is 17.3 Å². The second-order valence-electron chi connectivity index (χ2n) is 4.80. The second-order valence-corrected chi connectivity index (χ2v) is 4.80. The minimum absolute atomic E-state index is 0.705. The molecule has 108 valence electrons. The highest BCUT2D eigenvalue weighted by atomic mass is 16.5. The number of ether oxygens (including phenoxy) is 1. The minimum atomic E-state index is 0.705. The topological polar surface area (TPSA) is 65.1 Å². The van der Waals surface area contributed by atoms with Crippen molar-refractivity contribution in [3.8, 4) is 5.75 Å². The van der Waals surface area contributed by atoms with E-state index in [0.717, 1.165) is 36.5 Å². The molecule has 0 bridgehead atoms. The van der Waals surface area contributed by atoms with Crippen molar-refractivity contribution in [3.63, 3.8) is 0 Å². The molecule has 1 heterocycles. The van der Waals surface area contributed by atoms with E-state index < -0.39 is 0 Å². The zero-order chi connectivity index (χ0) is 14.4. The number of hydrogen-bond donors (Lipinski definition) is 2. The van der Waals surface area contributed by atoms with Crippen molar-refractivity contribution in [1.82, 2.24) is 9.78 Å². The van der Waals surface area contributed by atoms with Crippen LogP contribution in [0.3, 0.4) is 0 Å². The van der Waals surface area contributed by atoms with E-state index in [0.29, 0.717) is 12.3 Å². The lowest BCUT2D eigenvalue weighted by Gasteiger charge is -2.10. The average Bonchev–Trinajstić information content (AvgIpc) is 2.81. The summed E-state index contributed by atoms with van der Waals surface area (Å²) in [4.78, 5) is 0. The predicted molar refractivity (Wildman–Crippen MR) is 82.0 cm³/mol. The summed E-state index contributed by atoms with van der Waals surface area (Å²) in [7, 11) is 1.92. The fourth-order valence-corrected chi connectivity index (χ4v) is 1.96. The van der Waals surface area contributed by atoms with Crippen LogP contribution in [-0.4, -0.2) is 22.9 Å². The van der Waals surface area contributed by atoms with Gasteiger partial charge in [0, 0.05) is 49.7 Å². The Morgan fingerprint density at radius 1 is 1.35 bits per heavy atom. The number of anilines is 2. The van der Waals surface area contributed by atoms with Crippen LogP contribution in [0.15, 0.2) is 30.5 Å². The van der Waals surface area contributed by atoms with E-state index in [-0.39, 0.29) is 0 Å². The Hall–Kier alpha value is -2.17. The lowest BCUT2D eigenvalue weighted by Crippen LogP contribution is -2.06. The average molecular weight is 274 g/mol. The molecule has 2 rings (SSSR count). The van der Waals surface area contributed by atoms with Crippen LogP contribution in [-0.2, 0) is 13.5 Å². The third kappa shape index (κ3) is 4.19. The molecule has 0 aliphatic rings. The van der Waals surface area contributed by atoms with Gasteiger partial charge in [-0.15, -0.1) is 0 Å². The molecule has 0 radical (unpaired) electrons. The van der Waals surface area contributed by atoms with Crippen molar-refractivity contribution in [2.45, 2.75) is 19.8 Å². The van der Waals surface area contributed by atoms with E-state index in [1.54, 1.807) is 0 Å². The molecule has 20 heavy (non-hydrogen) atoms. The number of aromatic nitrogens is 2. The number of nitrogens with two attached hydrogens (primary N) is 1. The summed E-state index contributed by atoms with van der Waals surface area (Å²) in [6, 6.07) is 7.76. The summed E-state index contributed by atoms with van der Waals surface area (Å²) in [5.74, 6) is 0.812. The number of benzene rings is 1. The molecule has 0 spiro atoms. The van der Waals surface area contributed by atoms with Crippen molar-refractivity contribution in [2.24, 2.45) is 7.05 Å². The Morgan fingerprint density at radius 2 is 2.20 bits per heavy atom. The Bertz CT molecular complexity index is 551. The van der Waals surface area contributed by atoms with Gasteiger partial charge in [-0.25, -0.2) is 0 Å². The molecule has 3 N–H and O–H groups in total. The number of rotatable bonds is 7. The molecule has 0 saturated heterocycles. The molecule has 0 unspecified atom stereocenters. The monoisotopic (exact) mass is 274 g/mol. The summed E-state index contributed by atoms with van der Waals surface area (Å²) in [6.45, 7) is 3.60.